The number of guanidine groups is 1. The van der Waals surface area contributed by atoms with Crippen molar-refractivity contribution in [2.24, 2.45) is 4.99 Å². The van der Waals surface area contributed by atoms with Crippen LogP contribution in [0.1, 0.15) is 36.6 Å². The van der Waals surface area contributed by atoms with Crippen LogP contribution in [0.2, 0.25) is 0 Å². The molecule has 0 aliphatic heterocycles. The van der Waals surface area contributed by atoms with Crippen molar-refractivity contribution in [2.45, 2.75) is 32.7 Å². The zero-order valence-corrected chi connectivity index (χ0v) is 15.5. The van der Waals surface area contributed by atoms with Crippen molar-refractivity contribution in [1.82, 2.24) is 10.6 Å². The van der Waals surface area contributed by atoms with Crippen molar-refractivity contribution < 1.29 is 4.74 Å². The summed E-state index contributed by atoms with van der Waals surface area (Å²) in [4.78, 5) is 5.91. The topological polar surface area (TPSA) is 45.7 Å². The molecule has 1 heterocycles. The Hall–Kier alpha value is -2.01. The molecule has 130 valence electrons. The molecule has 24 heavy (non-hydrogen) atoms. The third kappa shape index (κ3) is 5.89. The fraction of sp³-hybridized carbons (Fsp3) is 0.421. The summed E-state index contributed by atoms with van der Waals surface area (Å²) >= 11 is 1.74. The van der Waals surface area contributed by atoms with E-state index in [-0.39, 0.29) is 0 Å². The Morgan fingerprint density at radius 3 is 2.62 bits per heavy atom. The lowest BCUT2D eigenvalue weighted by Gasteiger charge is -2.15. The lowest BCUT2D eigenvalue weighted by atomic mass is 9.98. The Bertz CT molecular complexity index is 608. The first-order valence-electron chi connectivity index (χ1n) is 8.41. The SMILES string of the molecule is CCNC(=NCc1cccs1)NCCC(C)c1ccc(OC)cc1. The molecule has 0 fully saturated rings. The average molecular weight is 346 g/mol. The second-order valence-corrected chi connectivity index (χ2v) is 6.70. The van der Waals surface area contributed by atoms with Gasteiger partial charge in [-0.15, -0.1) is 11.3 Å². The molecule has 0 aliphatic carbocycles. The molecule has 5 heteroatoms. The Labute approximate surface area is 149 Å². The highest BCUT2D eigenvalue weighted by molar-refractivity contribution is 7.09. The van der Waals surface area contributed by atoms with Gasteiger partial charge < -0.3 is 15.4 Å². The normalized spacial score (nSPS) is 12.7. The molecule has 0 bridgehead atoms. The van der Waals surface area contributed by atoms with Gasteiger partial charge in [0.05, 0.1) is 13.7 Å². The monoisotopic (exact) mass is 345 g/mol. The molecule has 2 N–H and O–H groups in total. The van der Waals surface area contributed by atoms with Gasteiger partial charge in [0.2, 0.25) is 0 Å². The summed E-state index contributed by atoms with van der Waals surface area (Å²) in [5.74, 6) is 2.27. The van der Waals surface area contributed by atoms with E-state index >= 15 is 0 Å². The zero-order chi connectivity index (χ0) is 17.2. The third-order valence-electron chi connectivity index (χ3n) is 3.87. The van der Waals surface area contributed by atoms with Crippen molar-refractivity contribution in [3.63, 3.8) is 0 Å². The highest BCUT2D eigenvalue weighted by atomic mass is 32.1. The molecule has 1 atom stereocenters. The fourth-order valence-electron chi connectivity index (χ4n) is 2.41. The smallest absolute Gasteiger partial charge is 0.191 e. The maximum Gasteiger partial charge on any atom is 0.191 e. The molecular formula is C19H27N3OS. The summed E-state index contributed by atoms with van der Waals surface area (Å²) in [6.07, 6.45) is 1.05. The van der Waals surface area contributed by atoms with Crippen LogP contribution in [-0.2, 0) is 6.54 Å². The fourth-order valence-corrected chi connectivity index (χ4v) is 3.04. The van der Waals surface area contributed by atoms with E-state index in [1.54, 1.807) is 18.4 Å². The van der Waals surface area contributed by atoms with Gasteiger partial charge in [-0.1, -0.05) is 25.1 Å². The minimum atomic E-state index is 0.489. The molecule has 1 aromatic heterocycles. The van der Waals surface area contributed by atoms with Crippen LogP contribution in [-0.4, -0.2) is 26.2 Å². The van der Waals surface area contributed by atoms with Crippen LogP contribution in [0.3, 0.4) is 0 Å². The van der Waals surface area contributed by atoms with Crippen molar-refractivity contribution in [1.29, 1.82) is 0 Å². The molecule has 0 radical (unpaired) electrons. The average Bonchev–Trinajstić information content (AvgIpc) is 3.13. The van der Waals surface area contributed by atoms with Gasteiger partial charge in [-0.25, -0.2) is 4.99 Å². The number of benzene rings is 1. The summed E-state index contributed by atoms with van der Waals surface area (Å²) in [5.41, 5.74) is 1.33. The Morgan fingerprint density at radius 1 is 1.21 bits per heavy atom. The highest BCUT2D eigenvalue weighted by Crippen LogP contribution is 2.21. The minimum absolute atomic E-state index is 0.489. The quantitative estimate of drug-likeness (QED) is 0.561. The summed E-state index contributed by atoms with van der Waals surface area (Å²) < 4.78 is 5.21. The number of nitrogens with zero attached hydrogens (tertiary/aromatic N) is 1. The number of thiophene rings is 1. The molecule has 4 nitrogen and oxygen atoms in total. The van der Waals surface area contributed by atoms with Gasteiger partial charge in [0.1, 0.15) is 5.75 Å². The number of aliphatic imine (C=N–C) groups is 1. The van der Waals surface area contributed by atoms with E-state index in [0.717, 1.165) is 37.8 Å². The molecule has 0 saturated heterocycles. The van der Waals surface area contributed by atoms with Gasteiger partial charge >= 0.3 is 0 Å². The number of hydrogen-bond acceptors (Lipinski definition) is 3. The van der Waals surface area contributed by atoms with E-state index in [2.05, 4.69) is 59.1 Å². The molecule has 2 aromatic rings. The Morgan fingerprint density at radius 2 is 2.00 bits per heavy atom. The predicted octanol–water partition coefficient (Wildman–Crippen LogP) is 4.01. The van der Waals surface area contributed by atoms with Crippen molar-refractivity contribution in [3.8, 4) is 5.75 Å². The number of nitrogens with one attached hydrogen (secondary N) is 2. The maximum atomic E-state index is 5.21. The first kappa shape index (κ1) is 18.3. The summed E-state index contributed by atoms with van der Waals surface area (Å²) in [6, 6.07) is 12.5. The zero-order valence-electron chi connectivity index (χ0n) is 14.7. The Kier molecular flexibility index (Phi) is 7.62. The second-order valence-electron chi connectivity index (χ2n) is 5.66. The minimum Gasteiger partial charge on any atom is -0.497 e. The van der Waals surface area contributed by atoms with E-state index in [0.29, 0.717) is 5.92 Å². The van der Waals surface area contributed by atoms with Crippen molar-refractivity contribution in [3.05, 3.63) is 52.2 Å². The summed E-state index contributed by atoms with van der Waals surface area (Å²) in [5, 5.41) is 8.81. The number of rotatable bonds is 8. The highest BCUT2D eigenvalue weighted by Gasteiger charge is 2.06. The number of methoxy groups -OCH3 is 1. The maximum absolute atomic E-state index is 5.21. The lowest BCUT2D eigenvalue weighted by Crippen LogP contribution is -2.38. The number of ether oxygens (including phenoxy) is 1. The number of hydrogen-bond donors (Lipinski definition) is 2. The van der Waals surface area contributed by atoms with Gasteiger partial charge in [-0.05, 0) is 48.4 Å². The molecular weight excluding hydrogens is 318 g/mol. The molecule has 0 saturated carbocycles. The lowest BCUT2D eigenvalue weighted by molar-refractivity contribution is 0.414. The van der Waals surface area contributed by atoms with Crippen LogP contribution < -0.4 is 15.4 Å². The molecule has 1 unspecified atom stereocenters. The van der Waals surface area contributed by atoms with E-state index in [9.17, 15) is 0 Å². The van der Waals surface area contributed by atoms with E-state index < -0.39 is 0 Å². The van der Waals surface area contributed by atoms with Crippen LogP contribution in [0.5, 0.6) is 5.75 Å². The van der Waals surface area contributed by atoms with Crippen LogP contribution >= 0.6 is 11.3 Å². The second kappa shape index (κ2) is 9.98. The van der Waals surface area contributed by atoms with Crippen LogP contribution in [0, 0.1) is 0 Å². The van der Waals surface area contributed by atoms with Gasteiger partial charge in [-0.3, -0.25) is 0 Å². The van der Waals surface area contributed by atoms with E-state index in [4.69, 9.17) is 4.74 Å². The first-order valence-corrected chi connectivity index (χ1v) is 9.29. The predicted molar refractivity (Wildman–Crippen MR) is 103 cm³/mol. The molecule has 0 aliphatic rings. The van der Waals surface area contributed by atoms with Crippen LogP contribution in [0.4, 0.5) is 0 Å². The third-order valence-corrected chi connectivity index (χ3v) is 4.73. The van der Waals surface area contributed by atoms with Crippen molar-refractivity contribution in [2.75, 3.05) is 20.2 Å². The first-order chi connectivity index (χ1) is 11.7. The van der Waals surface area contributed by atoms with Gasteiger partial charge in [0, 0.05) is 18.0 Å². The largest absolute Gasteiger partial charge is 0.497 e. The summed E-state index contributed by atoms with van der Waals surface area (Å²) in [6.45, 7) is 6.82. The molecule has 0 spiro atoms. The van der Waals surface area contributed by atoms with E-state index in [1.807, 2.05) is 12.1 Å². The molecule has 2 rings (SSSR count). The molecule has 0 amide bonds. The van der Waals surface area contributed by atoms with Gasteiger partial charge in [0.25, 0.3) is 0 Å². The van der Waals surface area contributed by atoms with Gasteiger partial charge in [-0.2, -0.15) is 0 Å². The van der Waals surface area contributed by atoms with Gasteiger partial charge in [0.15, 0.2) is 5.96 Å². The Balaban J connectivity index is 1.81. The van der Waals surface area contributed by atoms with Crippen LogP contribution in [0.25, 0.3) is 0 Å². The molecule has 1 aromatic carbocycles. The van der Waals surface area contributed by atoms with Crippen LogP contribution in [0.15, 0.2) is 46.8 Å². The summed E-state index contributed by atoms with van der Waals surface area (Å²) in [7, 11) is 1.69. The standard InChI is InChI=1S/C19H27N3OS/c1-4-20-19(22-14-18-6-5-13-24-18)21-12-11-15(2)16-7-9-17(23-3)10-8-16/h5-10,13,15H,4,11-12,14H2,1-3H3,(H2,20,21,22). The van der Waals surface area contributed by atoms with Crippen molar-refractivity contribution >= 4 is 17.3 Å². The van der Waals surface area contributed by atoms with E-state index in [1.165, 1.54) is 10.4 Å².